The molecule has 3 heterocycles. The van der Waals surface area contributed by atoms with Gasteiger partial charge in [0.25, 0.3) is 0 Å². The number of aromatic nitrogens is 4. The van der Waals surface area contributed by atoms with Crippen molar-refractivity contribution in [1.82, 2.24) is 30.2 Å². The lowest BCUT2D eigenvalue weighted by Crippen LogP contribution is -2.46. The van der Waals surface area contributed by atoms with Gasteiger partial charge >= 0.3 is 29.4 Å². The highest BCUT2D eigenvalue weighted by Gasteiger charge is 2.50. The maximum absolute atomic E-state index is 12.6. The lowest BCUT2D eigenvalue weighted by Gasteiger charge is -2.30. The second kappa shape index (κ2) is 22.4. The zero-order chi connectivity index (χ0) is 44.1. The number of carboxylic acids is 1. The number of ether oxygens (including phenoxy) is 1. The number of amides is 2. The third kappa shape index (κ3) is 16.8. The number of nitrogens with zero attached hydrogens (tertiary/aromatic N) is 4. The van der Waals surface area contributed by atoms with Crippen LogP contribution in [0.2, 0.25) is 0 Å². The number of anilines is 1. The number of phosphoric ester groups is 3. The first kappa shape index (κ1) is 50.9. The van der Waals surface area contributed by atoms with Gasteiger partial charge in [-0.2, -0.15) is 4.31 Å². The van der Waals surface area contributed by atoms with Gasteiger partial charge in [0.15, 0.2) is 22.8 Å². The van der Waals surface area contributed by atoms with Gasteiger partial charge in [-0.1, -0.05) is 32.2 Å². The molecule has 2 aromatic heterocycles. The van der Waals surface area contributed by atoms with E-state index in [4.69, 9.17) is 29.7 Å². The van der Waals surface area contributed by atoms with Gasteiger partial charge in [-0.15, -0.1) is 0 Å². The Morgan fingerprint density at radius 2 is 1.71 bits per heavy atom. The lowest BCUT2D eigenvalue weighted by molar-refractivity contribution is -0.137. The van der Waals surface area contributed by atoms with Gasteiger partial charge < -0.3 is 61.1 Å². The number of fused-ring (bicyclic) bond motifs is 1. The predicted octanol–water partition coefficient (Wildman–Crippen LogP) is -1.70. The molecule has 7 atom stereocenters. The minimum absolute atomic E-state index is 0.0134. The number of phosphoric acid groups is 3. The molecular weight excluding hydrogens is 867 g/mol. The van der Waals surface area contributed by atoms with E-state index in [1.807, 2.05) is 0 Å². The molecule has 2 amide bonds. The Kier molecular flexibility index (Phi) is 19.6. The van der Waals surface area contributed by atoms with E-state index in [2.05, 4.69) is 41.0 Å². The zero-order valence-electron chi connectivity index (χ0n) is 30.6. The number of nitrogens with two attached hydrogens (primary N) is 1. The zero-order valence-corrected chi connectivity index (χ0v) is 34.1. The summed E-state index contributed by atoms with van der Waals surface area (Å²) in [4.78, 5) is 95.8. The number of hydrogen-bond acceptors (Lipinski definition) is 20. The number of rotatable bonds is 22. The van der Waals surface area contributed by atoms with Gasteiger partial charge in [0.05, 0.1) is 26.1 Å². The highest BCUT2D eigenvalue weighted by molar-refractivity contribution is 8.13. The van der Waals surface area contributed by atoms with E-state index in [0.717, 1.165) is 35.1 Å². The fraction of sp³-hybridized carbons (Fsp3) is 0.593. The van der Waals surface area contributed by atoms with Crippen molar-refractivity contribution in [2.24, 2.45) is 5.41 Å². The number of nitrogen functional groups attached to an aromatic ring is 1. The number of nitrogens with one attached hydrogen (secondary N) is 2. The number of carbonyl (C=O) groups is 4. The molecule has 2 aromatic rings. The van der Waals surface area contributed by atoms with Crippen LogP contribution in [0.25, 0.3) is 11.2 Å². The second-order valence-electron chi connectivity index (χ2n) is 12.3. The molecule has 328 valence electrons. The molecule has 31 heteroatoms. The average molecular weight is 912 g/mol. The summed E-state index contributed by atoms with van der Waals surface area (Å²) >= 11 is 0.935. The van der Waals surface area contributed by atoms with Crippen molar-refractivity contribution in [3.63, 3.8) is 0 Å². The van der Waals surface area contributed by atoms with Crippen molar-refractivity contribution in [1.29, 1.82) is 0 Å². The number of thioether (sulfide) groups is 1. The molecule has 0 bridgehead atoms. The van der Waals surface area contributed by atoms with Gasteiger partial charge in [0.2, 0.25) is 11.8 Å². The summed E-state index contributed by atoms with van der Waals surface area (Å²) in [5, 5.41) is 42.2. The second-order valence-corrected chi connectivity index (χ2v) is 17.7. The van der Waals surface area contributed by atoms with Crippen LogP contribution in [0, 0.1) is 5.41 Å². The van der Waals surface area contributed by atoms with Crippen molar-refractivity contribution in [2.45, 2.75) is 57.3 Å². The first-order valence-corrected chi connectivity index (χ1v) is 21.8. The molecule has 0 radical (unpaired) electrons. The molecule has 1 aliphatic heterocycles. The molecule has 27 nitrogen and oxygen atoms in total. The number of aliphatic hydroxyl groups is 3. The smallest absolute Gasteiger partial charge is 0.478 e. The largest absolute Gasteiger partial charge is 0.481 e. The molecule has 3 rings (SSSR count). The first-order chi connectivity index (χ1) is 26.8. The molecule has 58 heavy (non-hydrogen) atoms. The highest BCUT2D eigenvalue weighted by atomic mass is 32.2. The predicted molar refractivity (Wildman–Crippen MR) is 197 cm³/mol. The topological polar surface area (TPSA) is 421 Å². The summed E-state index contributed by atoms with van der Waals surface area (Å²) in [5.41, 5.74) is 4.23. The number of aliphatic hydroxyl groups excluding tert-OH is 3. The van der Waals surface area contributed by atoms with E-state index in [1.165, 1.54) is 13.8 Å². The Bertz CT molecular complexity index is 1900. The summed E-state index contributed by atoms with van der Waals surface area (Å²) < 4.78 is 61.9. The standard InChI is InChI=1S/C24H40N7O18P3S.C3H4O2/c1-24(2,19(36)22(37)27-5-3-14(33)26-6-8-53-15(34)4-7-32)10-46-52(43,44)49-51(41,42)45-9-13-18(48-50(38,39)40)17(35)23(47-13)31-12-30-16-20(25)28-11-29-21(16)31;1-2-3(4)5/h11-13,17-19,23,32,35-36H,3-10H2,1-2H3,(H,26,33)(H,27,37)(H,41,42)(H,43,44)(H2,25,28,29)(H2,38,39,40);2H,1H2,(H,4,5)/t13-,17-,18-,19?,23-;/m1./s1. The van der Waals surface area contributed by atoms with Gasteiger partial charge in [0.1, 0.15) is 36.3 Å². The van der Waals surface area contributed by atoms with Crippen LogP contribution in [0.4, 0.5) is 5.82 Å². The fourth-order valence-corrected chi connectivity index (χ4v) is 7.95. The SMILES string of the molecule is C=CC(=O)O.CC(C)(COP(=O)(O)OP(=O)(O)OC[C@H]1O[C@@H](n2cnc3c(N)ncnc32)[C@H](O)[C@@H]1OP(=O)(O)O)C(O)C(=O)NCCC(=O)NCCSC(=O)CCO. The van der Waals surface area contributed by atoms with E-state index in [9.17, 15) is 62.7 Å². The van der Waals surface area contributed by atoms with Crippen LogP contribution in [-0.2, 0) is 55.5 Å². The van der Waals surface area contributed by atoms with E-state index >= 15 is 0 Å². The maximum Gasteiger partial charge on any atom is 0.481 e. The highest BCUT2D eigenvalue weighted by Crippen LogP contribution is 2.61. The molecule has 1 saturated heterocycles. The normalized spacial score (nSPS) is 20.8. The Morgan fingerprint density at radius 1 is 1.07 bits per heavy atom. The van der Waals surface area contributed by atoms with E-state index in [-0.39, 0.29) is 60.4 Å². The lowest BCUT2D eigenvalue weighted by atomic mass is 9.87. The number of carbonyl (C=O) groups excluding carboxylic acids is 3. The average Bonchev–Trinajstić information content (AvgIpc) is 3.68. The molecule has 1 fully saturated rings. The molecule has 0 aromatic carbocycles. The molecule has 0 aliphatic carbocycles. The number of carboxylic acid groups (broad SMARTS) is 1. The number of imidazole rings is 1. The van der Waals surface area contributed by atoms with Crippen molar-refractivity contribution in [3.05, 3.63) is 25.3 Å². The van der Waals surface area contributed by atoms with Crippen molar-refractivity contribution >= 4 is 75.1 Å². The van der Waals surface area contributed by atoms with Crippen LogP contribution in [0.1, 0.15) is 32.9 Å². The summed E-state index contributed by atoms with van der Waals surface area (Å²) in [6, 6.07) is 0. The monoisotopic (exact) mass is 911 g/mol. The van der Waals surface area contributed by atoms with Gasteiger partial charge in [-0.25, -0.2) is 33.4 Å². The number of hydrogen-bond donors (Lipinski definition) is 11. The molecule has 1 aliphatic rings. The molecule has 3 unspecified atom stereocenters. The van der Waals surface area contributed by atoms with Crippen LogP contribution in [0.5, 0.6) is 0 Å². The van der Waals surface area contributed by atoms with Crippen LogP contribution in [0.15, 0.2) is 25.3 Å². The molecule has 0 spiro atoms. The van der Waals surface area contributed by atoms with Gasteiger partial charge in [0, 0.05) is 43.2 Å². The molecular formula is C27H44N7O20P3S. The summed E-state index contributed by atoms with van der Waals surface area (Å²) in [7, 11) is -16.4. The molecule has 12 N–H and O–H groups in total. The Balaban J connectivity index is 0.00000218. The minimum Gasteiger partial charge on any atom is -0.478 e. The van der Waals surface area contributed by atoms with Gasteiger partial charge in [-0.3, -0.25) is 32.5 Å². The number of aliphatic carboxylic acids is 1. The Morgan fingerprint density at radius 3 is 2.31 bits per heavy atom. The molecule has 0 saturated carbocycles. The third-order valence-electron chi connectivity index (χ3n) is 7.26. The quantitative estimate of drug-likeness (QED) is 0.0356. The third-order valence-corrected chi connectivity index (χ3v) is 11.3. The van der Waals surface area contributed by atoms with Crippen molar-refractivity contribution in [2.75, 3.05) is 44.4 Å². The summed E-state index contributed by atoms with van der Waals surface area (Å²) in [6.07, 6.45) is -6.16. The first-order valence-electron chi connectivity index (χ1n) is 16.3. The van der Waals surface area contributed by atoms with Crippen molar-refractivity contribution in [3.8, 4) is 0 Å². The summed E-state index contributed by atoms with van der Waals surface area (Å²) in [5.74, 6) is -2.23. The Hall–Kier alpha value is -3.27. The van der Waals surface area contributed by atoms with Gasteiger partial charge in [-0.05, 0) is 0 Å². The van der Waals surface area contributed by atoms with E-state index < -0.39 is 90.5 Å². The van der Waals surface area contributed by atoms with E-state index in [0.29, 0.717) is 0 Å². The Labute approximate surface area is 332 Å². The van der Waals surface area contributed by atoms with Crippen LogP contribution in [-0.4, -0.2) is 145 Å². The minimum atomic E-state index is -5.57. The summed E-state index contributed by atoms with van der Waals surface area (Å²) in [6.45, 7) is 3.05. The van der Waals surface area contributed by atoms with E-state index in [1.54, 1.807) is 0 Å². The fourth-order valence-electron chi connectivity index (χ4n) is 4.46. The van der Waals surface area contributed by atoms with Crippen LogP contribution < -0.4 is 16.4 Å². The van der Waals surface area contributed by atoms with Crippen LogP contribution in [0.3, 0.4) is 0 Å². The van der Waals surface area contributed by atoms with Crippen molar-refractivity contribution < 1.29 is 95.5 Å². The van der Waals surface area contributed by atoms with Crippen LogP contribution >= 0.6 is 35.2 Å². The maximum atomic E-state index is 12.6.